The van der Waals surface area contributed by atoms with Gasteiger partial charge in [0.05, 0.1) is 24.0 Å². The van der Waals surface area contributed by atoms with Gasteiger partial charge in [0.1, 0.15) is 24.0 Å². The molecule has 0 unspecified atom stereocenters. The Morgan fingerprint density at radius 3 is 2.50 bits per heavy atom. The van der Waals surface area contributed by atoms with Gasteiger partial charge >= 0.3 is 17.9 Å². The van der Waals surface area contributed by atoms with Crippen LogP contribution in [0.2, 0.25) is 0 Å². The zero-order chi connectivity index (χ0) is 29.7. The van der Waals surface area contributed by atoms with Crippen molar-refractivity contribution in [3.63, 3.8) is 0 Å². The number of esters is 2. The molecule has 0 aromatic heterocycles. The normalized spacial score (nSPS) is 33.1. The Morgan fingerprint density at radius 1 is 1.25 bits per heavy atom. The molecule has 0 aromatic carbocycles. The van der Waals surface area contributed by atoms with Crippen LogP contribution in [0.5, 0.6) is 0 Å². The lowest BCUT2D eigenvalue weighted by molar-refractivity contribution is -0.160. The van der Waals surface area contributed by atoms with Gasteiger partial charge in [0.15, 0.2) is 5.76 Å². The summed E-state index contributed by atoms with van der Waals surface area (Å²) in [6.45, 7) is 4.35. The van der Waals surface area contributed by atoms with Gasteiger partial charge in [0.25, 0.3) is 0 Å². The number of carboxylic acid groups (broad SMARTS) is 1. The number of allylic oxidation sites excluding steroid dienone is 1. The minimum absolute atomic E-state index is 0.0798. The molecule has 1 saturated heterocycles. The number of ether oxygens (including phenoxy) is 3. The lowest BCUT2D eigenvalue weighted by atomic mass is 9.53. The molecule has 0 spiro atoms. The number of carbonyl (C=O) groups excluding carboxylic acids is 5. The lowest BCUT2D eigenvalue weighted by Gasteiger charge is -2.53. The molecule has 1 saturated carbocycles. The van der Waals surface area contributed by atoms with Crippen molar-refractivity contribution in [2.45, 2.75) is 64.7 Å². The third-order valence-corrected chi connectivity index (χ3v) is 8.55. The predicted octanol–water partition coefficient (Wildman–Crippen LogP) is 0.379. The number of cyclic esters (lactones) is 1. The van der Waals surface area contributed by atoms with Gasteiger partial charge in [-0.1, -0.05) is 6.92 Å². The summed E-state index contributed by atoms with van der Waals surface area (Å²) in [4.78, 5) is 75.3. The van der Waals surface area contributed by atoms with Crippen molar-refractivity contribution in [3.8, 4) is 0 Å². The van der Waals surface area contributed by atoms with E-state index in [9.17, 15) is 39.0 Å². The van der Waals surface area contributed by atoms with Crippen LogP contribution >= 0.6 is 0 Å². The fraction of sp³-hybridized carbons (Fsp3) is 0.556. The second kappa shape index (κ2) is 10.2. The first-order valence-corrected chi connectivity index (χ1v) is 12.8. The van der Waals surface area contributed by atoms with Crippen LogP contribution < -0.4 is 11.1 Å². The first-order chi connectivity index (χ1) is 18.7. The van der Waals surface area contributed by atoms with Gasteiger partial charge in [0, 0.05) is 55.6 Å². The maximum Gasteiger partial charge on any atom is 0.340 e. The lowest BCUT2D eigenvalue weighted by Crippen LogP contribution is -2.57. The van der Waals surface area contributed by atoms with Crippen LogP contribution in [-0.4, -0.2) is 77.6 Å². The fourth-order valence-electron chi connectivity index (χ4n) is 6.70. The molecule has 2 fully saturated rings. The van der Waals surface area contributed by atoms with E-state index < -0.39 is 76.8 Å². The smallest absolute Gasteiger partial charge is 0.340 e. The Kier molecular flexibility index (Phi) is 7.39. The first kappa shape index (κ1) is 29.0. The molecule has 4 rings (SSSR count). The maximum absolute atomic E-state index is 13.9. The second-order valence-electron chi connectivity index (χ2n) is 11.0. The van der Waals surface area contributed by atoms with Gasteiger partial charge < -0.3 is 35.5 Å². The Morgan fingerprint density at radius 2 is 1.93 bits per heavy atom. The highest BCUT2D eigenvalue weighted by Crippen LogP contribution is 2.62. The van der Waals surface area contributed by atoms with Gasteiger partial charge in [-0.15, -0.1) is 0 Å². The number of aliphatic carboxylic acids is 1. The summed E-state index contributed by atoms with van der Waals surface area (Å²) < 4.78 is 16.7. The third kappa shape index (κ3) is 4.37. The molecule has 40 heavy (non-hydrogen) atoms. The fourth-order valence-corrected chi connectivity index (χ4v) is 6.70. The second-order valence-corrected chi connectivity index (χ2v) is 11.0. The highest BCUT2D eigenvalue weighted by Gasteiger charge is 2.64. The molecule has 1 aliphatic heterocycles. The number of hydrogen-bond acceptors (Lipinski definition) is 11. The maximum atomic E-state index is 13.9. The molecule has 0 radical (unpaired) electrons. The zero-order valence-corrected chi connectivity index (χ0v) is 22.6. The SMILES string of the molecule is COC[C@H]1OC(=O)/C(=C\N[C@@H](CC(N)=O)C(=O)O)C2=C(O)C(=O)C3=C([C@H](OC(C)=O)C[C@]4(C)C(=O)CC[C@@H]34)[C@]21C. The van der Waals surface area contributed by atoms with Crippen molar-refractivity contribution >= 4 is 35.4 Å². The van der Waals surface area contributed by atoms with Crippen LogP contribution in [0.25, 0.3) is 0 Å². The summed E-state index contributed by atoms with van der Waals surface area (Å²) in [6, 6.07) is -1.52. The average Bonchev–Trinajstić information content (AvgIpc) is 3.15. The molecular formula is C27H32N2O11. The van der Waals surface area contributed by atoms with Crippen LogP contribution in [0.4, 0.5) is 0 Å². The molecule has 216 valence electrons. The summed E-state index contributed by atoms with van der Waals surface area (Å²) >= 11 is 0. The van der Waals surface area contributed by atoms with E-state index >= 15 is 0 Å². The number of carboxylic acids is 1. The minimum atomic E-state index is -1.52. The van der Waals surface area contributed by atoms with E-state index in [0.29, 0.717) is 12.0 Å². The van der Waals surface area contributed by atoms with E-state index in [1.807, 2.05) is 0 Å². The van der Waals surface area contributed by atoms with E-state index in [4.69, 9.17) is 19.9 Å². The van der Waals surface area contributed by atoms with Gasteiger partial charge in [-0.3, -0.25) is 19.2 Å². The minimum Gasteiger partial charge on any atom is -0.504 e. The van der Waals surface area contributed by atoms with Crippen LogP contribution in [-0.2, 0) is 43.0 Å². The van der Waals surface area contributed by atoms with Crippen molar-refractivity contribution in [1.29, 1.82) is 0 Å². The van der Waals surface area contributed by atoms with Gasteiger partial charge in [0.2, 0.25) is 11.7 Å². The topological polar surface area (TPSA) is 209 Å². The molecule has 13 nitrogen and oxygen atoms in total. The van der Waals surface area contributed by atoms with Crippen molar-refractivity contribution in [2.24, 2.45) is 22.5 Å². The summed E-state index contributed by atoms with van der Waals surface area (Å²) in [5.74, 6) is -6.27. The number of nitrogens with one attached hydrogen (secondary N) is 1. The van der Waals surface area contributed by atoms with E-state index in [2.05, 4.69) is 5.32 Å². The summed E-state index contributed by atoms with van der Waals surface area (Å²) in [6.07, 6.45) is -1.19. The summed E-state index contributed by atoms with van der Waals surface area (Å²) in [5.41, 5.74) is 2.54. The van der Waals surface area contributed by atoms with Gasteiger partial charge in [-0.2, -0.15) is 0 Å². The number of aliphatic hydroxyl groups is 1. The Bertz CT molecular complexity index is 1310. The molecule has 1 heterocycles. The molecule has 1 amide bonds. The Balaban J connectivity index is 1.95. The van der Waals surface area contributed by atoms with Crippen LogP contribution in [0.3, 0.4) is 0 Å². The van der Waals surface area contributed by atoms with Crippen molar-refractivity contribution in [2.75, 3.05) is 13.7 Å². The number of hydrogen-bond donors (Lipinski definition) is 4. The highest BCUT2D eigenvalue weighted by atomic mass is 16.6. The monoisotopic (exact) mass is 560 g/mol. The van der Waals surface area contributed by atoms with Crippen LogP contribution in [0.15, 0.2) is 34.3 Å². The Hall–Kier alpha value is -4.00. The number of Topliss-reactive ketones (excluding diaryl/α,β-unsaturated/α-hetero) is 2. The van der Waals surface area contributed by atoms with E-state index in [0.717, 1.165) is 6.20 Å². The van der Waals surface area contributed by atoms with E-state index in [-0.39, 0.29) is 42.0 Å². The van der Waals surface area contributed by atoms with Gasteiger partial charge in [-0.25, -0.2) is 9.59 Å². The molecule has 4 aliphatic rings. The molecule has 3 aliphatic carbocycles. The standard InChI is InChI=1S/C27H32N2O11/c1-11(30)39-15-8-26(2)13(5-6-16(26)31)19-21(15)27(3)17(10-38-4)40-25(37)12(20(27)23(34)22(19)33)9-29-14(24(35)36)7-18(28)32/h9,13-15,17,29,34H,5-8,10H2,1-4H3,(H2,28,32)(H,35,36)/b12-9-/t13-,14-,15+,17+,26-,27-/m0/s1. The molecule has 0 bridgehead atoms. The largest absolute Gasteiger partial charge is 0.504 e. The van der Waals surface area contributed by atoms with E-state index in [1.54, 1.807) is 13.8 Å². The molecule has 6 atom stereocenters. The summed E-state index contributed by atoms with van der Waals surface area (Å²) in [5, 5.41) is 23.3. The molecule has 5 N–H and O–H groups in total. The molecule has 13 heteroatoms. The highest BCUT2D eigenvalue weighted by molar-refractivity contribution is 6.14. The Labute approximate surface area is 229 Å². The predicted molar refractivity (Wildman–Crippen MR) is 134 cm³/mol. The number of amides is 1. The quantitative estimate of drug-likeness (QED) is 0.235. The number of aliphatic hydroxyl groups excluding tert-OH is 1. The number of methoxy groups -OCH3 is 1. The van der Waals surface area contributed by atoms with Crippen LogP contribution in [0, 0.1) is 16.7 Å². The number of fused-ring (bicyclic) bond motifs is 4. The number of primary amides is 1. The average molecular weight is 561 g/mol. The van der Waals surface area contributed by atoms with Gasteiger partial charge in [-0.05, 0) is 18.9 Å². The number of rotatable bonds is 8. The number of ketones is 2. The van der Waals surface area contributed by atoms with E-state index in [1.165, 1.54) is 14.0 Å². The number of nitrogens with two attached hydrogens (primary N) is 1. The summed E-state index contributed by atoms with van der Waals surface area (Å²) in [7, 11) is 1.37. The molecule has 0 aromatic rings. The zero-order valence-electron chi connectivity index (χ0n) is 22.6. The van der Waals surface area contributed by atoms with Crippen molar-refractivity contribution in [3.05, 3.63) is 34.3 Å². The molecular weight excluding hydrogens is 528 g/mol. The first-order valence-electron chi connectivity index (χ1n) is 12.8. The van der Waals surface area contributed by atoms with Crippen LogP contribution in [0.1, 0.15) is 46.5 Å². The van der Waals surface area contributed by atoms with Crippen molar-refractivity contribution in [1.82, 2.24) is 5.32 Å². The number of carbonyl (C=O) groups is 6. The third-order valence-electron chi connectivity index (χ3n) is 8.55. The van der Waals surface area contributed by atoms with Crippen molar-refractivity contribution < 1.29 is 53.2 Å².